The molecule has 1 fully saturated rings. The minimum Gasteiger partial charge on any atom is -0.380 e. The number of carbonyl (C=O) groups is 1. The molecular formula is C12H18ClN3O2. The number of halogens is 1. The normalized spacial score (nSPS) is 23.8. The van der Waals surface area contributed by atoms with Crippen molar-refractivity contribution in [3.63, 3.8) is 0 Å². The van der Waals surface area contributed by atoms with Gasteiger partial charge in [0.2, 0.25) is 0 Å². The van der Waals surface area contributed by atoms with Crippen molar-refractivity contribution in [2.24, 2.45) is 0 Å². The van der Waals surface area contributed by atoms with Crippen molar-refractivity contribution in [2.75, 3.05) is 13.7 Å². The lowest BCUT2D eigenvalue weighted by molar-refractivity contribution is 0.0907. The van der Waals surface area contributed by atoms with E-state index in [0.29, 0.717) is 23.7 Å². The maximum Gasteiger partial charge on any atom is 0.199 e. The third-order valence-electron chi connectivity index (χ3n) is 3.21. The summed E-state index contributed by atoms with van der Waals surface area (Å²) in [5, 5.41) is 7.73. The Morgan fingerprint density at radius 3 is 2.94 bits per heavy atom. The van der Waals surface area contributed by atoms with Crippen LogP contribution in [0.15, 0.2) is 6.20 Å². The average molecular weight is 272 g/mol. The van der Waals surface area contributed by atoms with Gasteiger partial charge in [-0.2, -0.15) is 5.10 Å². The number of aromatic nitrogens is 2. The summed E-state index contributed by atoms with van der Waals surface area (Å²) in [5.74, 6) is -0.00856. The highest BCUT2D eigenvalue weighted by molar-refractivity contribution is 6.33. The highest BCUT2D eigenvalue weighted by Gasteiger charge is 2.33. The minimum atomic E-state index is -0.235. The molecule has 2 rings (SSSR count). The lowest BCUT2D eigenvalue weighted by atomic mass is 10.1. The number of Topliss-reactive ketones (excluding diaryl/α,β-unsaturated/α-hetero) is 1. The van der Waals surface area contributed by atoms with Crippen LogP contribution in [-0.4, -0.2) is 41.4 Å². The number of nitrogens with zero attached hydrogens (tertiary/aromatic N) is 2. The van der Waals surface area contributed by atoms with Crippen molar-refractivity contribution in [3.05, 3.63) is 16.9 Å². The molecule has 100 valence electrons. The van der Waals surface area contributed by atoms with Gasteiger partial charge in [0.25, 0.3) is 0 Å². The molecule has 2 unspecified atom stereocenters. The number of rotatable bonds is 4. The summed E-state index contributed by atoms with van der Waals surface area (Å²) in [5.41, 5.74) is 0.487. The summed E-state index contributed by atoms with van der Waals surface area (Å²) >= 11 is 6.07. The van der Waals surface area contributed by atoms with Crippen LogP contribution in [0, 0.1) is 0 Å². The molecule has 0 spiro atoms. The molecule has 0 bridgehead atoms. The number of nitrogens with one attached hydrogen (secondary N) is 1. The van der Waals surface area contributed by atoms with Gasteiger partial charge >= 0.3 is 0 Å². The molecule has 18 heavy (non-hydrogen) atoms. The lowest BCUT2D eigenvalue weighted by Crippen LogP contribution is -2.32. The van der Waals surface area contributed by atoms with Gasteiger partial charge in [-0.15, -0.1) is 0 Å². The molecule has 6 heteroatoms. The van der Waals surface area contributed by atoms with Crippen LogP contribution in [0.3, 0.4) is 0 Å². The van der Waals surface area contributed by atoms with Crippen LogP contribution in [-0.2, 0) is 4.74 Å². The zero-order valence-corrected chi connectivity index (χ0v) is 11.6. The SMILES string of the molecule is COC1CNC(C(=O)c2c(Cl)cnn2C(C)C)C1. The number of hydrogen-bond acceptors (Lipinski definition) is 4. The molecule has 1 aromatic rings. The fourth-order valence-corrected chi connectivity index (χ4v) is 2.43. The van der Waals surface area contributed by atoms with Crippen molar-refractivity contribution >= 4 is 17.4 Å². The fourth-order valence-electron chi connectivity index (χ4n) is 2.21. The van der Waals surface area contributed by atoms with Gasteiger partial charge in [-0.1, -0.05) is 11.6 Å². The largest absolute Gasteiger partial charge is 0.380 e. The van der Waals surface area contributed by atoms with Crippen LogP contribution in [0.1, 0.15) is 36.8 Å². The smallest absolute Gasteiger partial charge is 0.199 e. The molecule has 2 heterocycles. The standard InChI is InChI=1S/C12H18ClN3O2/c1-7(2)16-11(9(13)6-15-16)12(17)10-4-8(18-3)5-14-10/h6-8,10,14H,4-5H2,1-3H3. The van der Waals surface area contributed by atoms with Gasteiger partial charge in [-0.25, -0.2) is 0 Å². The van der Waals surface area contributed by atoms with E-state index >= 15 is 0 Å². The molecule has 0 aromatic carbocycles. The van der Waals surface area contributed by atoms with Crippen molar-refractivity contribution < 1.29 is 9.53 Å². The lowest BCUT2D eigenvalue weighted by Gasteiger charge is -2.14. The summed E-state index contributed by atoms with van der Waals surface area (Å²) in [7, 11) is 1.66. The number of ether oxygens (including phenoxy) is 1. The topological polar surface area (TPSA) is 56.1 Å². The minimum absolute atomic E-state index is 0.00856. The zero-order valence-electron chi connectivity index (χ0n) is 10.8. The summed E-state index contributed by atoms with van der Waals surface area (Å²) < 4.78 is 6.92. The monoisotopic (exact) mass is 271 g/mol. The van der Waals surface area contributed by atoms with Crippen LogP contribution in [0.5, 0.6) is 0 Å². The average Bonchev–Trinajstić information content (AvgIpc) is 2.94. The van der Waals surface area contributed by atoms with E-state index in [1.165, 1.54) is 6.20 Å². The third kappa shape index (κ3) is 2.43. The molecule has 0 aliphatic carbocycles. The Morgan fingerprint density at radius 1 is 1.67 bits per heavy atom. The maximum atomic E-state index is 12.5. The molecule has 5 nitrogen and oxygen atoms in total. The van der Waals surface area contributed by atoms with Gasteiger partial charge < -0.3 is 10.1 Å². The predicted molar refractivity (Wildman–Crippen MR) is 69.2 cm³/mol. The quantitative estimate of drug-likeness (QED) is 0.847. The summed E-state index contributed by atoms with van der Waals surface area (Å²) in [6.45, 7) is 4.64. The first-order chi connectivity index (χ1) is 8.54. The van der Waals surface area contributed by atoms with E-state index in [9.17, 15) is 4.79 Å². The summed E-state index contributed by atoms with van der Waals surface area (Å²) in [6.07, 6.45) is 2.29. The number of ketones is 1. The Hall–Kier alpha value is -0.910. The number of carbonyl (C=O) groups excluding carboxylic acids is 1. The van der Waals surface area contributed by atoms with E-state index < -0.39 is 0 Å². The molecule has 1 saturated heterocycles. The second kappa shape index (κ2) is 5.38. The molecule has 0 radical (unpaired) electrons. The van der Waals surface area contributed by atoms with Crippen LogP contribution in [0.4, 0.5) is 0 Å². The molecular weight excluding hydrogens is 254 g/mol. The van der Waals surface area contributed by atoms with E-state index in [4.69, 9.17) is 16.3 Å². The second-order valence-electron chi connectivity index (χ2n) is 4.80. The summed E-state index contributed by atoms with van der Waals surface area (Å²) in [4.78, 5) is 12.5. The molecule has 2 atom stereocenters. The van der Waals surface area contributed by atoms with E-state index in [-0.39, 0.29) is 24.0 Å². The van der Waals surface area contributed by atoms with E-state index in [2.05, 4.69) is 10.4 Å². The van der Waals surface area contributed by atoms with E-state index in [1.807, 2.05) is 13.8 Å². The van der Waals surface area contributed by atoms with Gasteiger partial charge in [0.15, 0.2) is 5.78 Å². The Kier molecular flexibility index (Phi) is 4.04. The van der Waals surface area contributed by atoms with Crippen LogP contribution in [0.2, 0.25) is 5.02 Å². The summed E-state index contributed by atoms with van der Waals surface area (Å²) in [6, 6.07) is -0.127. The van der Waals surface area contributed by atoms with Crippen molar-refractivity contribution in [1.82, 2.24) is 15.1 Å². The highest BCUT2D eigenvalue weighted by atomic mass is 35.5. The van der Waals surface area contributed by atoms with Gasteiger partial charge in [-0.05, 0) is 20.3 Å². The Labute approximate surface area is 111 Å². The van der Waals surface area contributed by atoms with Crippen LogP contribution in [0.25, 0.3) is 0 Å². The molecule has 1 aromatic heterocycles. The molecule has 1 aliphatic rings. The van der Waals surface area contributed by atoms with Gasteiger partial charge in [-0.3, -0.25) is 9.48 Å². The Bertz CT molecular complexity index is 445. The highest BCUT2D eigenvalue weighted by Crippen LogP contribution is 2.23. The number of methoxy groups -OCH3 is 1. The maximum absolute atomic E-state index is 12.5. The molecule has 1 N–H and O–H groups in total. The first-order valence-corrected chi connectivity index (χ1v) is 6.45. The van der Waals surface area contributed by atoms with Gasteiger partial charge in [0, 0.05) is 19.7 Å². The number of hydrogen-bond donors (Lipinski definition) is 1. The Balaban J connectivity index is 2.21. The van der Waals surface area contributed by atoms with E-state index in [0.717, 1.165) is 0 Å². The fraction of sp³-hybridized carbons (Fsp3) is 0.667. The Morgan fingerprint density at radius 2 is 2.39 bits per heavy atom. The van der Waals surface area contributed by atoms with Crippen molar-refractivity contribution in [1.29, 1.82) is 0 Å². The van der Waals surface area contributed by atoms with Gasteiger partial charge in [0.05, 0.1) is 23.4 Å². The van der Waals surface area contributed by atoms with E-state index in [1.54, 1.807) is 11.8 Å². The van der Waals surface area contributed by atoms with Crippen LogP contribution >= 0.6 is 11.6 Å². The zero-order chi connectivity index (χ0) is 13.3. The first kappa shape index (κ1) is 13.5. The second-order valence-corrected chi connectivity index (χ2v) is 5.21. The predicted octanol–water partition coefficient (Wildman–Crippen LogP) is 1.68. The third-order valence-corrected chi connectivity index (χ3v) is 3.49. The molecule has 1 aliphatic heterocycles. The van der Waals surface area contributed by atoms with Gasteiger partial charge in [0.1, 0.15) is 5.69 Å². The van der Waals surface area contributed by atoms with Crippen molar-refractivity contribution in [2.45, 2.75) is 38.5 Å². The van der Waals surface area contributed by atoms with Crippen LogP contribution < -0.4 is 5.32 Å². The van der Waals surface area contributed by atoms with Crippen molar-refractivity contribution in [3.8, 4) is 0 Å². The first-order valence-electron chi connectivity index (χ1n) is 6.08. The molecule has 0 amide bonds. The molecule has 0 saturated carbocycles.